The van der Waals surface area contributed by atoms with Crippen molar-refractivity contribution in [2.24, 2.45) is 12.8 Å². The lowest BCUT2D eigenvalue weighted by atomic mass is 10.1. The summed E-state index contributed by atoms with van der Waals surface area (Å²) in [6, 6.07) is 7.51. The van der Waals surface area contributed by atoms with Crippen molar-refractivity contribution in [2.45, 2.75) is 6.42 Å². The summed E-state index contributed by atoms with van der Waals surface area (Å²) in [7, 11) is 3.54. The molecule has 0 amide bonds. The van der Waals surface area contributed by atoms with Crippen LogP contribution in [0.3, 0.4) is 0 Å². The van der Waals surface area contributed by atoms with Gasteiger partial charge in [-0.1, -0.05) is 11.6 Å². The van der Waals surface area contributed by atoms with Gasteiger partial charge in [-0.15, -0.1) is 0 Å². The van der Waals surface area contributed by atoms with E-state index in [9.17, 15) is 0 Å². The highest BCUT2D eigenvalue weighted by Gasteiger charge is 2.12. The van der Waals surface area contributed by atoms with Gasteiger partial charge < -0.3 is 10.5 Å². The lowest BCUT2D eigenvalue weighted by molar-refractivity contribution is 0.416. The molecule has 2 aromatic rings. The van der Waals surface area contributed by atoms with Gasteiger partial charge in [0.15, 0.2) is 0 Å². The topological polar surface area (TPSA) is 53.1 Å². The van der Waals surface area contributed by atoms with Gasteiger partial charge >= 0.3 is 0 Å². The molecule has 5 heteroatoms. The Bertz CT molecular complexity index is 551. The maximum Gasteiger partial charge on any atom is 0.128 e. The molecule has 2 rings (SSSR count). The summed E-state index contributed by atoms with van der Waals surface area (Å²) in [6.07, 6.45) is 0.798. The first-order valence-electron chi connectivity index (χ1n) is 5.72. The fourth-order valence-electron chi connectivity index (χ4n) is 1.90. The summed E-state index contributed by atoms with van der Waals surface area (Å²) in [5, 5.41) is 5.14. The molecule has 0 spiro atoms. The number of aromatic nitrogens is 2. The second-order valence-corrected chi connectivity index (χ2v) is 4.46. The van der Waals surface area contributed by atoms with Crippen molar-refractivity contribution in [1.82, 2.24) is 9.78 Å². The van der Waals surface area contributed by atoms with E-state index in [1.165, 1.54) is 0 Å². The fraction of sp³-hybridized carbons (Fsp3) is 0.308. The quantitative estimate of drug-likeness (QED) is 0.923. The minimum atomic E-state index is 0.603. The molecule has 0 unspecified atom stereocenters. The number of methoxy groups -OCH3 is 1. The molecule has 0 saturated heterocycles. The number of rotatable bonds is 4. The number of halogens is 1. The first-order valence-corrected chi connectivity index (χ1v) is 6.10. The minimum Gasteiger partial charge on any atom is -0.496 e. The van der Waals surface area contributed by atoms with Gasteiger partial charge in [0.2, 0.25) is 0 Å². The van der Waals surface area contributed by atoms with Gasteiger partial charge in [-0.05, 0) is 30.8 Å². The molecule has 4 nitrogen and oxygen atoms in total. The summed E-state index contributed by atoms with van der Waals surface area (Å²) in [6.45, 7) is 0.603. The molecular formula is C13H16ClN3O. The molecule has 1 aromatic heterocycles. The van der Waals surface area contributed by atoms with E-state index in [0.717, 1.165) is 29.1 Å². The number of nitrogens with zero attached hydrogens (tertiary/aromatic N) is 2. The summed E-state index contributed by atoms with van der Waals surface area (Å²) in [4.78, 5) is 0. The van der Waals surface area contributed by atoms with E-state index in [1.807, 2.05) is 29.9 Å². The van der Waals surface area contributed by atoms with E-state index >= 15 is 0 Å². The third kappa shape index (κ3) is 2.49. The molecule has 0 saturated carbocycles. The Morgan fingerprint density at radius 2 is 2.17 bits per heavy atom. The first-order chi connectivity index (χ1) is 8.65. The highest BCUT2D eigenvalue weighted by molar-refractivity contribution is 6.30. The Morgan fingerprint density at radius 3 is 2.83 bits per heavy atom. The van der Waals surface area contributed by atoms with Crippen molar-refractivity contribution in [3.8, 4) is 17.0 Å². The highest BCUT2D eigenvalue weighted by Crippen LogP contribution is 2.31. The van der Waals surface area contributed by atoms with Crippen molar-refractivity contribution in [2.75, 3.05) is 13.7 Å². The van der Waals surface area contributed by atoms with Crippen molar-refractivity contribution in [1.29, 1.82) is 0 Å². The van der Waals surface area contributed by atoms with Gasteiger partial charge in [0, 0.05) is 29.7 Å². The van der Waals surface area contributed by atoms with E-state index in [-0.39, 0.29) is 0 Å². The minimum absolute atomic E-state index is 0.603. The van der Waals surface area contributed by atoms with Gasteiger partial charge in [-0.25, -0.2) is 0 Å². The molecule has 2 N–H and O–H groups in total. The number of ether oxygens (including phenoxy) is 1. The summed E-state index contributed by atoms with van der Waals surface area (Å²) < 4.78 is 7.17. The maximum absolute atomic E-state index is 6.02. The van der Waals surface area contributed by atoms with Crippen molar-refractivity contribution < 1.29 is 4.74 Å². The molecular weight excluding hydrogens is 250 g/mol. The molecule has 1 aromatic carbocycles. The average molecular weight is 266 g/mol. The van der Waals surface area contributed by atoms with Crippen molar-refractivity contribution in [3.63, 3.8) is 0 Å². The zero-order valence-corrected chi connectivity index (χ0v) is 11.2. The zero-order valence-electron chi connectivity index (χ0n) is 10.5. The summed E-state index contributed by atoms with van der Waals surface area (Å²) >= 11 is 6.02. The normalized spacial score (nSPS) is 10.7. The van der Waals surface area contributed by atoms with Crippen molar-refractivity contribution >= 4 is 11.6 Å². The van der Waals surface area contributed by atoms with E-state index < -0.39 is 0 Å². The van der Waals surface area contributed by atoms with Crippen LogP contribution in [0.2, 0.25) is 5.02 Å². The molecule has 0 aliphatic carbocycles. The Hall–Kier alpha value is -1.52. The molecule has 1 heterocycles. The van der Waals surface area contributed by atoms with Crippen LogP contribution in [0.25, 0.3) is 11.3 Å². The van der Waals surface area contributed by atoms with Crippen LogP contribution in [0.4, 0.5) is 0 Å². The van der Waals surface area contributed by atoms with E-state index in [2.05, 4.69) is 5.10 Å². The first kappa shape index (κ1) is 12.9. The lowest BCUT2D eigenvalue weighted by Crippen LogP contribution is -2.06. The average Bonchev–Trinajstić information content (AvgIpc) is 2.71. The largest absolute Gasteiger partial charge is 0.496 e. The van der Waals surface area contributed by atoms with Crippen LogP contribution in [0.5, 0.6) is 5.75 Å². The van der Waals surface area contributed by atoms with Crippen LogP contribution >= 0.6 is 11.6 Å². The van der Waals surface area contributed by atoms with Crippen molar-refractivity contribution in [3.05, 3.63) is 35.0 Å². The molecule has 0 fully saturated rings. The van der Waals surface area contributed by atoms with Crippen LogP contribution in [0, 0.1) is 0 Å². The SMILES string of the molecule is COc1ccc(Cl)cc1-c1cc(CCN)n(C)n1. The number of benzene rings is 1. The van der Waals surface area contributed by atoms with Gasteiger partial charge in [0.25, 0.3) is 0 Å². The number of hydrogen-bond acceptors (Lipinski definition) is 3. The molecule has 0 aliphatic heterocycles. The monoisotopic (exact) mass is 265 g/mol. The smallest absolute Gasteiger partial charge is 0.128 e. The van der Waals surface area contributed by atoms with Crippen LogP contribution < -0.4 is 10.5 Å². The highest BCUT2D eigenvalue weighted by atomic mass is 35.5. The predicted octanol–water partition coefficient (Wildman–Crippen LogP) is 2.25. The lowest BCUT2D eigenvalue weighted by Gasteiger charge is -2.06. The second-order valence-electron chi connectivity index (χ2n) is 4.03. The van der Waals surface area contributed by atoms with E-state index in [4.69, 9.17) is 22.1 Å². The molecule has 96 valence electrons. The van der Waals surface area contributed by atoms with Crippen LogP contribution in [0.15, 0.2) is 24.3 Å². The summed E-state index contributed by atoms with van der Waals surface area (Å²) in [5.74, 6) is 0.761. The standard InChI is InChI=1S/C13H16ClN3O/c1-17-10(5-6-15)8-12(16-17)11-7-9(14)3-4-13(11)18-2/h3-4,7-8H,5-6,15H2,1-2H3. The molecule has 0 bridgehead atoms. The van der Waals surface area contributed by atoms with E-state index in [0.29, 0.717) is 11.6 Å². The zero-order chi connectivity index (χ0) is 13.1. The molecule has 0 aliphatic rings. The van der Waals surface area contributed by atoms with E-state index in [1.54, 1.807) is 13.2 Å². The summed E-state index contributed by atoms with van der Waals surface area (Å²) in [5.41, 5.74) is 8.40. The molecule has 0 radical (unpaired) electrons. The van der Waals surface area contributed by atoms with Crippen LogP contribution in [0.1, 0.15) is 5.69 Å². The second kappa shape index (κ2) is 5.42. The molecule has 18 heavy (non-hydrogen) atoms. The van der Waals surface area contributed by atoms with Gasteiger partial charge in [0.05, 0.1) is 12.8 Å². The van der Waals surface area contributed by atoms with Gasteiger partial charge in [0.1, 0.15) is 5.75 Å². The van der Waals surface area contributed by atoms with Gasteiger partial charge in [-0.2, -0.15) is 5.10 Å². The van der Waals surface area contributed by atoms with Crippen LogP contribution in [-0.4, -0.2) is 23.4 Å². The Labute approximate surface area is 111 Å². The maximum atomic E-state index is 6.02. The number of hydrogen-bond donors (Lipinski definition) is 1. The third-order valence-corrected chi connectivity index (χ3v) is 3.05. The van der Waals surface area contributed by atoms with Gasteiger partial charge in [-0.3, -0.25) is 4.68 Å². The Morgan fingerprint density at radius 1 is 1.39 bits per heavy atom. The number of aryl methyl sites for hydroxylation is 1. The predicted molar refractivity (Wildman–Crippen MR) is 73.0 cm³/mol. The van der Waals surface area contributed by atoms with Crippen LogP contribution in [-0.2, 0) is 13.5 Å². The molecule has 0 atom stereocenters. The Kier molecular flexibility index (Phi) is 3.89. The Balaban J connectivity index is 2.47. The third-order valence-electron chi connectivity index (χ3n) is 2.81. The fourth-order valence-corrected chi connectivity index (χ4v) is 2.07. The number of nitrogens with two attached hydrogens (primary N) is 1.